The normalized spacial score (nSPS) is 14.1. The molecule has 1 aliphatic heterocycles. The Bertz CT molecular complexity index is 1420. The lowest BCUT2D eigenvalue weighted by atomic mass is 9.88. The molecule has 0 atom stereocenters. The molecule has 34 heavy (non-hydrogen) atoms. The van der Waals surface area contributed by atoms with Gasteiger partial charge in [-0.2, -0.15) is 15.8 Å². The van der Waals surface area contributed by atoms with E-state index in [2.05, 4.69) is 47.4 Å². The number of rotatable bonds is 4. The highest BCUT2D eigenvalue weighted by Gasteiger charge is 2.40. The number of ether oxygens (including phenoxy) is 1. The van der Waals surface area contributed by atoms with E-state index in [0.29, 0.717) is 5.57 Å². The fourth-order valence-electron chi connectivity index (χ4n) is 4.05. The lowest BCUT2D eigenvalue weighted by Gasteiger charge is -2.22. The van der Waals surface area contributed by atoms with Gasteiger partial charge in [-0.1, -0.05) is 36.4 Å². The molecule has 1 aromatic heterocycles. The first kappa shape index (κ1) is 22.9. The van der Waals surface area contributed by atoms with Crippen molar-refractivity contribution in [2.24, 2.45) is 0 Å². The van der Waals surface area contributed by atoms with Crippen LogP contribution >= 0.6 is 11.3 Å². The van der Waals surface area contributed by atoms with Crippen molar-refractivity contribution in [3.63, 3.8) is 0 Å². The quantitative estimate of drug-likeness (QED) is 0.411. The highest BCUT2D eigenvalue weighted by molar-refractivity contribution is 7.18. The molecule has 2 aromatic carbocycles. The van der Waals surface area contributed by atoms with E-state index in [1.807, 2.05) is 64.3 Å². The maximum Gasteiger partial charge on any atom is 0.172 e. The standard InChI is InChI=1S/C28H22N4OS/c1-28(2)26(23(17-31)27(33-28)21(15-29)16-30)20-7-5-18(6-8-20)24-13-14-25(34-24)19-9-11-22(12-10-19)32(3)4/h5-14H,1-4H3. The molecule has 0 unspecified atom stereocenters. The van der Waals surface area contributed by atoms with E-state index >= 15 is 0 Å². The minimum Gasteiger partial charge on any atom is -0.480 e. The van der Waals surface area contributed by atoms with Gasteiger partial charge in [-0.15, -0.1) is 11.3 Å². The van der Waals surface area contributed by atoms with Gasteiger partial charge in [0.05, 0.1) is 0 Å². The highest BCUT2D eigenvalue weighted by atomic mass is 32.1. The zero-order chi connectivity index (χ0) is 24.5. The Morgan fingerprint density at radius 3 is 1.76 bits per heavy atom. The van der Waals surface area contributed by atoms with E-state index in [1.54, 1.807) is 11.3 Å². The smallest absolute Gasteiger partial charge is 0.172 e. The van der Waals surface area contributed by atoms with Crippen LogP contribution in [0.5, 0.6) is 0 Å². The Balaban J connectivity index is 1.67. The summed E-state index contributed by atoms with van der Waals surface area (Å²) in [5.41, 5.74) is 4.12. The lowest BCUT2D eigenvalue weighted by Crippen LogP contribution is -2.21. The van der Waals surface area contributed by atoms with Gasteiger partial charge in [-0.05, 0) is 54.8 Å². The van der Waals surface area contributed by atoms with Gasteiger partial charge in [-0.3, -0.25) is 0 Å². The van der Waals surface area contributed by atoms with Crippen LogP contribution in [0.25, 0.3) is 26.5 Å². The van der Waals surface area contributed by atoms with E-state index in [-0.39, 0.29) is 16.9 Å². The van der Waals surface area contributed by atoms with E-state index < -0.39 is 5.60 Å². The van der Waals surface area contributed by atoms with Crippen molar-refractivity contribution in [1.29, 1.82) is 15.8 Å². The molecule has 3 aromatic rings. The summed E-state index contributed by atoms with van der Waals surface area (Å²) in [6.07, 6.45) is 0. The summed E-state index contributed by atoms with van der Waals surface area (Å²) in [6, 6.07) is 26.5. The fraction of sp³-hybridized carbons (Fsp3) is 0.179. The summed E-state index contributed by atoms with van der Waals surface area (Å²) in [5, 5.41) is 28.3. The molecule has 166 valence electrons. The number of nitriles is 3. The van der Waals surface area contributed by atoms with Crippen LogP contribution in [0.2, 0.25) is 0 Å². The van der Waals surface area contributed by atoms with Crippen LogP contribution in [-0.4, -0.2) is 19.7 Å². The van der Waals surface area contributed by atoms with Crippen LogP contribution in [0.4, 0.5) is 5.69 Å². The van der Waals surface area contributed by atoms with Crippen molar-refractivity contribution in [1.82, 2.24) is 0 Å². The summed E-state index contributed by atoms with van der Waals surface area (Å²) < 4.78 is 5.89. The molecular formula is C28H22N4OS. The molecule has 0 amide bonds. The molecule has 0 bridgehead atoms. The Kier molecular flexibility index (Phi) is 5.99. The molecule has 4 rings (SSSR count). The molecular weight excluding hydrogens is 440 g/mol. The zero-order valence-corrected chi connectivity index (χ0v) is 20.2. The third-order valence-electron chi connectivity index (χ3n) is 5.73. The van der Waals surface area contributed by atoms with Gasteiger partial charge < -0.3 is 9.64 Å². The van der Waals surface area contributed by atoms with Gasteiger partial charge in [0.1, 0.15) is 29.4 Å². The first-order valence-corrected chi connectivity index (χ1v) is 11.5. The van der Waals surface area contributed by atoms with E-state index in [0.717, 1.165) is 21.7 Å². The first-order chi connectivity index (χ1) is 16.3. The third-order valence-corrected chi connectivity index (χ3v) is 6.91. The van der Waals surface area contributed by atoms with Crippen LogP contribution in [-0.2, 0) is 4.74 Å². The molecule has 0 spiro atoms. The molecule has 0 N–H and O–H groups in total. The highest BCUT2D eigenvalue weighted by Crippen LogP contribution is 2.45. The van der Waals surface area contributed by atoms with Crippen molar-refractivity contribution in [2.45, 2.75) is 19.4 Å². The SMILES string of the molecule is CN(C)c1ccc(-c2ccc(-c3ccc(C4=C(C#N)C(=C(C#N)C#N)OC4(C)C)cc3)s2)cc1. The summed E-state index contributed by atoms with van der Waals surface area (Å²) >= 11 is 1.72. The minimum absolute atomic E-state index is 0.0553. The minimum atomic E-state index is -0.838. The van der Waals surface area contributed by atoms with Gasteiger partial charge >= 0.3 is 0 Å². The summed E-state index contributed by atoms with van der Waals surface area (Å²) in [6.45, 7) is 3.67. The van der Waals surface area contributed by atoms with Crippen molar-refractivity contribution < 1.29 is 4.74 Å². The van der Waals surface area contributed by atoms with Crippen LogP contribution in [0, 0.1) is 34.0 Å². The number of allylic oxidation sites excluding steroid dienone is 2. The summed E-state index contributed by atoms with van der Waals surface area (Å²) in [5.74, 6) is 0.0553. The Morgan fingerprint density at radius 2 is 1.29 bits per heavy atom. The van der Waals surface area contributed by atoms with Gasteiger partial charge in [0.15, 0.2) is 11.3 Å². The van der Waals surface area contributed by atoms with Crippen LogP contribution in [0.3, 0.4) is 0 Å². The van der Waals surface area contributed by atoms with Crippen molar-refractivity contribution in [2.75, 3.05) is 19.0 Å². The number of hydrogen-bond acceptors (Lipinski definition) is 6. The fourth-order valence-corrected chi connectivity index (χ4v) is 5.06. The molecule has 1 aliphatic rings. The molecule has 0 saturated heterocycles. The first-order valence-electron chi connectivity index (χ1n) is 10.7. The second-order valence-corrected chi connectivity index (χ2v) is 9.67. The summed E-state index contributed by atoms with van der Waals surface area (Å²) in [4.78, 5) is 4.42. The van der Waals surface area contributed by atoms with Gasteiger partial charge in [-0.25, -0.2) is 0 Å². The number of anilines is 1. The van der Waals surface area contributed by atoms with Crippen LogP contribution < -0.4 is 4.90 Å². The largest absolute Gasteiger partial charge is 0.480 e. The predicted octanol–water partition coefficient (Wildman–Crippen LogP) is 6.54. The summed E-state index contributed by atoms with van der Waals surface area (Å²) in [7, 11) is 4.05. The van der Waals surface area contributed by atoms with Gasteiger partial charge in [0.2, 0.25) is 0 Å². The monoisotopic (exact) mass is 462 g/mol. The number of thiophene rings is 1. The van der Waals surface area contributed by atoms with E-state index in [4.69, 9.17) is 4.74 Å². The molecule has 0 aliphatic carbocycles. The predicted molar refractivity (Wildman–Crippen MR) is 135 cm³/mol. The number of benzene rings is 2. The van der Waals surface area contributed by atoms with E-state index in [1.165, 1.54) is 10.4 Å². The molecule has 0 saturated carbocycles. The molecule has 6 heteroatoms. The third kappa shape index (κ3) is 4.06. The molecule has 2 heterocycles. The average Bonchev–Trinajstić information content (AvgIpc) is 3.42. The maximum atomic E-state index is 9.79. The number of hydrogen-bond donors (Lipinski definition) is 0. The molecule has 5 nitrogen and oxygen atoms in total. The molecule has 0 fully saturated rings. The van der Waals surface area contributed by atoms with E-state index in [9.17, 15) is 15.8 Å². The Labute approximate surface area is 203 Å². The second-order valence-electron chi connectivity index (χ2n) is 8.58. The van der Waals surface area contributed by atoms with Crippen LogP contribution in [0.15, 0.2) is 77.6 Å². The Hall–Kier alpha value is -4.31. The maximum absolute atomic E-state index is 9.79. The van der Waals surface area contributed by atoms with Crippen molar-refractivity contribution in [3.8, 4) is 39.1 Å². The zero-order valence-electron chi connectivity index (χ0n) is 19.4. The Morgan fingerprint density at radius 1 is 0.794 bits per heavy atom. The lowest BCUT2D eigenvalue weighted by molar-refractivity contribution is 0.109. The number of nitrogens with zero attached hydrogens (tertiary/aromatic N) is 4. The van der Waals surface area contributed by atoms with Crippen LogP contribution in [0.1, 0.15) is 19.4 Å². The second kappa shape index (κ2) is 8.91. The molecule has 0 radical (unpaired) electrons. The average molecular weight is 463 g/mol. The van der Waals surface area contributed by atoms with Crippen molar-refractivity contribution in [3.05, 3.63) is 83.1 Å². The van der Waals surface area contributed by atoms with Gasteiger partial charge in [0.25, 0.3) is 0 Å². The van der Waals surface area contributed by atoms with Gasteiger partial charge in [0, 0.05) is 35.1 Å². The topological polar surface area (TPSA) is 83.8 Å². The van der Waals surface area contributed by atoms with Crippen molar-refractivity contribution >= 4 is 22.6 Å².